The average molecular weight is 342 g/mol. The summed E-state index contributed by atoms with van der Waals surface area (Å²) in [4.78, 5) is 21.4. The molecular formula is C19H26N4O2. The van der Waals surface area contributed by atoms with Gasteiger partial charge >= 0.3 is 0 Å². The van der Waals surface area contributed by atoms with Crippen LogP contribution in [0.15, 0.2) is 36.5 Å². The van der Waals surface area contributed by atoms with Gasteiger partial charge in [-0.05, 0) is 31.7 Å². The lowest BCUT2D eigenvalue weighted by Crippen LogP contribution is -2.38. The molecule has 134 valence electrons. The van der Waals surface area contributed by atoms with E-state index in [0.717, 1.165) is 38.2 Å². The SMILES string of the molecule is Cc1ncc(C(=O)NC2CCN(CC(O)CCc3ccccc3)C2)[nH]1. The first-order valence-corrected chi connectivity index (χ1v) is 8.87. The fourth-order valence-corrected chi connectivity index (χ4v) is 3.28. The summed E-state index contributed by atoms with van der Waals surface area (Å²) in [5.41, 5.74) is 1.75. The summed E-state index contributed by atoms with van der Waals surface area (Å²) < 4.78 is 0. The van der Waals surface area contributed by atoms with E-state index in [2.05, 4.69) is 32.3 Å². The van der Waals surface area contributed by atoms with Gasteiger partial charge < -0.3 is 15.4 Å². The number of aliphatic hydroxyl groups excluding tert-OH is 1. The molecule has 2 heterocycles. The van der Waals surface area contributed by atoms with Crippen LogP contribution in [0, 0.1) is 6.92 Å². The number of aryl methyl sites for hydroxylation is 2. The Morgan fingerprint density at radius 3 is 2.96 bits per heavy atom. The molecule has 6 heteroatoms. The molecule has 2 aromatic rings. The molecule has 6 nitrogen and oxygen atoms in total. The van der Waals surface area contributed by atoms with Gasteiger partial charge in [0.1, 0.15) is 11.5 Å². The Balaban J connectivity index is 1.39. The number of β-amino-alcohol motifs (C(OH)–C–C–N with tert-alkyl or cyclic N) is 1. The predicted molar refractivity (Wildman–Crippen MR) is 96.4 cm³/mol. The standard InChI is InChI=1S/C19H26N4O2/c1-14-20-11-18(21-14)19(25)22-16-9-10-23(12-16)13-17(24)8-7-15-5-3-2-4-6-15/h2-6,11,16-17,24H,7-10,12-13H2,1H3,(H,20,21)(H,22,25). The summed E-state index contributed by atoms with van der Waals surface area (Å²) in [6, 6.07) is 10.4. The van der Waals surface area contributed by atoms with Crippen LogP contribution >= 0.6 is 0 Å². The van der Waals surface area contributed by atoms with E-state index < -0.39 is 0 Å². The van der Waals surface area contributed by atoms with Gasteiger partial charge in [0.25, 0.3) is 5.91 Å². The van der Waals surface area contributed by atoms with Crippen LogP contribution in [0.2, 0.25) is 0 Å². The molecule has 0 bridgehead atoms. The van der Waals surface area contributed by atoms with Gasteiger partial charge in [0.05, 0.1) is 12.3 Å². The van der Waals surface area contributed by atoms with E-state index in [-0.39, 0.29) is 18.1 Å². The number of hydrogen-bond donors (Lipinski definition) is 3. The summed E-state index contributed by atoms with van der Waals surface area (Å²) in [7, 11) is 0. The quantitative estimate of drug-likeness (QED) is 0.712. The number of carbonyl (C=O) groups is 1. The van der Waals surface area contributed by atoms with Crippen molar-refractivity contribution in [2.75, 3.05) is 19.6 Å². The molecule has 1 fully saturated rings. The van der Waals surface area contributed by atoms with E-state index in [0.29, 0.717) is 12.2 Å². The highest BCUT2D eigenvalue weighted by Gasteiger charge is 2.26. The van der Waals surface area contributed by atoms with Crippen molar-refractivity contribution in [3.63, 3.8) is 0 Å². The number of aliphatic hydroxyl groups is 1. The molecule has 0 spiro atoms. The number of H-pyrrole nitrogens is 1. The van der Waals surface area contributed by atoms with Crippen LogP contribution in [0.25, 0.3) is 0 Å². The zero-order valence-corrected chi connectivity index (χ0v) is 14.6. The number of likely N-dealkylation sites (tertiary alicyclic amines) is 1. The highest BCUT2D eigenvalue weighted by atomic mass is 16.3. The molecule has 1 amide bonds. The second-order valence-corrected chi connectivity index (χ2v) is 6.78. The van der Waals surface area contributed by atoms with Crippen molar-refractivity contribution in [1.82, 2.24) is 20.2 Å². The molecule has 0 radical (unpaired) electrons. The maximum Gasteiger partial charge on any atom is 0.269 e. The predicted octanol–water partition coefficient (Wildman–Crippen LogP) is 1.52. The van der Waals surface area contributed by atoms with Crippen molar-refractivity contribution >= 4 is 5.91 Å². The van der Waals surface area contributed by atoms with E-state index in [1.165, 1.54) is 5.56 Å². The van der Waals surface area contributed by atoms with Crippen LogP contribution in [0.1, 0.15) is 34.7 Å². The number of carbonyl (C=O) groups excluding carboxylic acids is 1. The molecule has 25 heavy (non-hydrogen) atoms. The van der Waals surface area contributed by atoms with E-state index in [1.807, 2.05) is 25.1 Å². The first kappa shape index (κ1) is 17.6. The topological polar surface area (TPSA) is 81.2 Å². The van der Waals surface area contributed by atoms with Crippen molar-refractivity contribution in [2.24, 2.45) is 0 Å². The van der Waals surface area contributed by atoms with E-state index in [1.54, 1.807) is 6.20 Å². The molecule has 1 aromatic heterocycles. The zero-order valence-electron chi connectivity index (χ0n) is 14.6. The minimum atomic E-state index is -0.343. The van der Waals surface area contributed by atoms with Crippen molar-refractivity contribution in [3.8, 4) is 0 Å². The van der Waals surface area contributed by atoms with Gasteiger partial charge in [-0.15, -0.1) is 0 Å². The van der Waals surface area contributed by atoms with Crippen molar-refractivity contribution < 1.29 is 9.90 Å². The molecule has 3 N–H and O–H groups in total. The molecule has 2 unspecified atom stereocenters. The summed E-state index contributed by atoms with van der Waals surface area (Å²) in [6.07, 6.45) is 3.76. The smallest absolute Gasteiger partial charge is 0.269 e. The number of amides is 1. The molecule has 1 saturated heterocycles. The minimum Gasteiger partial charge on any atom is -0.392 e. The van der Waals surface area contributed by atoms with E-state index >= 15 is 0 Å². The summed E-state index contributed by atoms with van der Waals surface area (Å²) in [5.74, 6) is 0.622. The Hall–Kier alpha value is -2.18. The first-order chi connectivity index (χ1) is 12.1. The third kappa shape index (κ3) is 5.14. The molecule has 1 aliphatic heterocycles. The van der Waals surface area contributed by atoms with Gasteiger partial charge in [0.2, 0.25) is 0 Å². The Labute approximate surface area is 148 Å². The van der Waals surface area contributed by atoms with E-state index in [4.69, 9.17) is 0 Å². The normalized spacial score (nSPS) is 19.0. The van der Waals surface area contributed by atoms with Crippen molar-refractivity contribution in [1.29, 1.82) is 0 Å². The number of rotatable bonds is 7. The lowest BCUT2D eigenvalue weighted by atomic mass is 10.1. The fraction of sp³-hybridized carbons (Fsp3) is 0.474. The first-order valence-electron chi connectivity index (χ1n) is 8.87. The second-order valence-electron chi connectivity index (χ2n) is 6.78. The van der Waals surface area contributed by atoms with Gasteiger partial charge in [-0.25, -0.2) is 4.98 Å². The highest BCUT2D eigenvalue weighted by molar-refractivity contribution is 5.92. The summed E-state index contributed by atoms with van der Waals surface area (Å²) >= 11 is 0. The maximum absolute atomic E-state index is 12.2. The average Bonchev–Trinajstić information content (AvgIpc) is 3.23. The molecule has 2 atom stereocenters. The van der Waals surface area contributed by atoms with Gasteiger partial charge in [-0.2, -0.15) is 0 Å². The molecule has 0 saturated carbocycles. The Bertz CT molecular complexity index is 686. The lowest BCUT2D eigenvalue weighted by Gasteiger charge is -2.20. The zero-order chi connectivity index (χ0) is 17.6. The lowest BCUT2D eigenvalue weighted by molar-refractivity contribution is 0.0928. The van der Waals surface area contributed by atoms with Gasteiger partial charge in [0, 0.05) is 25.7 Å². The maximum atomic E-state index is 12.2. The summed E-state index contributed by atoms with van der Waals surface area (Å²) in [5, 5.41) is 13.3. The second kappa shape index (κ2) is 8.27. The van der Waals surface area contributed by atoms with Crippen LogP contribution in [0.3, 0.4) is 0 Å². The van der Waals surface area contributed by atoms with E-state index in [9.17, 15) is 9.90 Å². The van der Waals surface area contributed by atoms with Gasteiger partial charge in [-0.1, -0.05) is 30.3 Å². The third-order valence-electron chi connectivity index (χ3n) is 4.63. The number of hydrogen-bond acceptors (Lipinski definition) is 4. The monoisotopic (exact) mass is 342 g/mol. The highest BCUT2D eigenvalue weighted by Crippen LogP contribution is 2.13. The van der Waals surface area contributed by atoms with Crippen LogP contribution in [-0.4, -0.2) is 57.7 Å². The Morgan fingerprint density at radius 1 is 1.44 bits per heavy atom. The molecule has 1 aromatic carbocycles. The van der Waals surface area contributed by atoms with Gasteiger partial charge in [-0.3, -0.25) is 9.69 Å². The van der Waals surface area contributed by atoms with Crippen molar-refractivity contribution in [3.05, 3.63) is 53.6 Å². The number of benzene rings is 1. The number of aromatic amines is 1. The fourth-order valence-electron chi connectivity index (χ4n) is 3.28. The van der Waals surface area contributed by atoms with Crippen molar-refractivity contribution in [2.45, 2.75) is 38.3 Å². The minimum absolute atomic E-state index is 0.114. The molecular weight excluding hydrogens is 316 g/mol. The van der Waals surface area contributed by atoms with Crippen LogP contribution < -0.4 is 5.32 Å². The molecule has 0 aliphatic carbocycles. The number of nitrogens with one attached hydrogen (secondary N) is 2. The third-order valence-corrected chi connectivity index (χ3v) is 4.63. The van der Waals surface area contributed by atoms with Crippen LogP contribution in [-0.2, 0) is 6.42 Å². The number of nitrogens with zero attached hydrogens (tertiary/aromatic N) is 2. The number of aromatic nitrogens is 2. The van der Waals surface area contributed by atoms with Gasteiger partial charge in [0.15, 0.2) is 0 Å². The number of imidazole rings is 1. The Kier molecular flexibility index (Phi) is 5.83. The molecule has 3 rings (SSSR count). The summed E-state index contributed by atoms with van der Waals surface area (Å²) in [6.45, 7) is 4.16. The largest absolute Gasteiger partial charge is 0.392 e. The van der Waals surface area contributed by atoms with Crippen LogP contribution in [0.5, 0.6) is 0 Å². The molecule has 1 aliphatic rings. The Morgan fingerprint density at radius 2 is 2.24 bits per heavy atom. The van der Waals surface area contributed by atoms with Crippen LogP contribution in [0.4, 0.5) is 0 Å².